The number of benzene rings is 3. The molecule has 4 rings (SSSR count). The Morgan fingerprint density at radius 2 is 1.59 bits per heavy atom. The van der Waals surface area contributed by atoms with Crippen LogP contribution < -0.4 is 4.74 Å². The maximum absolute atomic E-state index is 6.57. The van der Waals surface area contributed by atoms with Crippen molar-refractivity contribution in [3.05, 3.63) is 77.9 Å². The van der Waals surface area contributed by atoms with Gasteiger partial charge in [-0.25, -0.2) is 0 Å². The SMILES string of the molecule is CCC(C)c1ccc(OC(OC2CCCCC2)c2cccc3ccccc23)cc1. The molecule has 0 radical (unpaired) electrons. The molecule has 1 fully saturated rings. The number of hydrogen-bond acceptors (Lipinski definition) is 2. The van der Waals surface area contributed by atoms with Gasteiger partial charge in [0.15, 0.2) is 0 Å². The molecule has 1 aliphatic rings. The van der Waals surface area contributed by atoms with Crippen LogP contribution in [0.3, 0.4) is 0 Å². The first-order valence-electron chi connectivity index (χ1n) is 11.1. The second-order valence-electron chi connectivity index (χ2n) is 8.29. The molecular formula is C27H32O2. The smallest absolute Gasteiger partial charge is 0.227 e. The van der Waals surface area contributed by atoms with E-state index in [0.717, 1.165) is 30.6 Å². The van der Waals surface area contributed by atoms with Gasteiger partial charge in [0.05, 0.1) is 6.10 Å². The second kappa shape index (κ2) is 9.45. The van der Waals surface area contributed by atoms with Crippen LogP contribution in [0.25, 0.3) is 10.8 Å². The quantitative estimate of drug-likeness (QED) is 0.385. The molecule has 0 bridgehead atoms. The Morgan fingerprint density at radius 3 is 2.34 bits per heavy atom. The van der Waals surface area contributed by atoms with Gasteiger partial charge < -0.3 is 9.47 Å². The first-order valence-corrected chi connectivity index (χ1v) is 11.1. The maximum atomic E-state index is 6.57. The van der Waals surface area contributed by atoms with E-state index in [1.54, 1.807) is 0 Å². The molecule has 0 N–H and O–H groups in total. The zero-order valence-electron chi connectivity index (χ0n) is 17.6. The molecular weight excluding hydrogens is 356 g/mol. The van der Waals surface area contributed by atoms with Crippen LogP contribution in [-0.4, -0.2) is 6.10 Å². The highest BCUT2D eigenvalue weighted by Crippen LogP contribution is 2.33. The molecule has 3 aromatic rings. The molecule has 3 aromatic carbocycles. The molecule has 1 saturated carbocycles. The molecule has 1 aliphatic carbocycles. The number of ether oxygens (including phenoxy) is 2. The summed E-state index contributed by atoms with van der Waals surface area (Å²) in [6.45, 7) is 4.49. The van der Waals surface area contributed by atoms with E-state index in [1.807, 2.05) is 0 Å². The fraction of sp³-hybridized carbons (Fsp3) is 0.407. The van der Waals surface area contributed by atoms with Gasteiger partial charge in [0.25, 0.3) is 0 Å². The summed E-state index contributed by atoms with van der Waals surface area (Å²) in [5.41, 5.74) is 2.47. The minimum atomic E-state index is -0.390. The summed E-state index contributed by atoms with van der Waals surface area (Å²) in [6.07, 6.45) is 7.08. The van der Waals surface area contributed by atoms with Gasteiger partial charge in [-0.05, 0) is 53.6 Å². The number of hydrogen-bond donors (Lipinski definition) is 0. The van der Waals surface area contributed by atoms with Crippen LogP contribution >= 0.6 is 0 Å². The van der Waals surface area contributed by atoms with E-state index in [9.17, 15) is 0 Å². The van der Waals surface area contributed by atoms with E-state index in [1.165, 1.54) is 35.6 Å². The van der Waals surface area contributed by atoms with Crippen molar-refractivity contribution in [2.45, 2.75) is 70.7 Å². The van der Waals surface area contributed by atoms with Crippen molar-refractivity contribution < 1.29 is 9.47 Å². The summed E-state index contributed by atoms with van der Waals surface area (Å²) >= 11 is 0. The third kappa shape index (κ3) is 4.82. The van der Waals surface area contributed by atoms with Crippen LogP contribution in [-0.2, 0) is 4.74 Å². The summed E-state index contributed by atoms with van der Waals surface area (Å²) in [4.78, 5) is 0. The van der Waals surface area contributed by atoms with Gasteiger partial charge in [0.1, 0.15) is 5.75 Å². The highest BCUT2D eigenvalue weighted by molar-refractivity contribution is 5.85. The van der Waals surface area contributed by atoms with Crippen LogP contribution in [0.5, 0.6) is 5.75 Å². The zero-order valence-corrected chi connectivity index (χ0v) is 17.6. The standard InChI is InChI=1S/C27H32O2/c1-3-20(2)21-16-18-24(19-17-21)29-27(28-23-12-5-4-6-13-23)26-15-9-11-22-10-7-8-14-25(22)26/h7-11,14-20,23,27H,3-6,12-13H2,1-2H3. The van der Waals surface area contributed by atoms with E-state index in [0.29, 0.717) is 5.92 Å². The topological polar surface area (TPSA) is 18.5 Å². The van der Waals surface area contributed by atoms with Gasteiger partial charge in [-0.3, -0.25) is 0 Å². The first kappa shape index (κ1) is 20.0. The maximum Gasteiger partial charge on any atom is 0.227 e. The molecule has 0 saturated heterocycles. The monoisotopic (exact) mass is 388 g/mol. The van der Waals surface area contributed by atoms with Crippen LogP contribution in [0.15, 0.2) is 66.7 Å². The summed E-state index contributed by atoms with van der Waals surface area (Å²) in [7, 11) is 0. The summed E-state index contributed by atoms with van der Waals surface area (Å²) in [5, 5.41) is 2.42. The summed E-state index contributed by atoms with van der Waals surface area (Å²) < 4.78 is 13.0. The van der Waals surface area contributed by atoms with Crippen LogP contribution in [0.1, 0.15) is 75.7 Å². The van der Waals surface area contributed by atoms with E-state index < -0.39 is 6.29 Å². The largest absolute Gasteiger partial charge is 0.461 e. The average Bonchev–Trinajstić information content (AvgIpc) is 2.79. The Hall–Kier alpha value is -2.32. The van der Waals surface area contributed by atoms with Crippen molar-refractivity contribution in [1.29, 1.82) is 0 Å². The van der Waals surface area contributed by atoms with Gasteiger partial charge in [0.2, 0.25) is 6.29 Å². The van der Waals surface area contributed by atoms with Gasteiger partial charge in [0, 0.05) is 5.56 Å². The van der Waals surface area contributed by atoms with E-state index >= 15 is 0 Å². The van der Waals surface area contributed by atoms with Crippen molar-refractivity contribution in [3.63, 3.8) is 0 Å². The van der Waals surface area contributed by atoms with Gasteiger partial charge in [-0.15, -0.1) is 0 Å². The van der Waals surface area contributed by atoms with Crippen molar-refractivity contribution in [1.82, 2.24) is 0 Å². The molecule has 2 unspecified atom stereocenters. The Labute approximate surface area is 174 Å². The first-order chi connectivity index (χ1) is 14.2. The third-order valence-electron chi connectivity index (χ3n) is 6.25. The molecule has 0 amide bonds. The summed E-state index contributed by atoms with van der Waals surface area (Å²) in [6, 6.07) is 23.4. The Kier molecular flexibility index (Phi) is 6.51. The number of fused-ring (bicyclic) bond motifs is 1. The normalized spacial score (nSPS) is 17.2. The van der Waals surface area contributed by atoms with Crippen molar-refractivity contribution in [3.8, 4) is 5.75 Å². The molecule has 2 atom stereocenters. The zero-order chi connectivity index (χ0) is 20.1. The van der Waals surface area contributed by atoms with E-state index in [2.05, 4.69) is 80.6 Å². The molecule has 2 heteroatoms. The minimum absolute atomic E-state index is 0.270. The van der Waals surface area contributed by atoms with Gasteiger partial charge >= 0.3 is 0 Å². The molecule has 0 aliphatic heterocycles. The Morgan fingerprint density at radius 1 is 0.862 bits per heavy atom. The van der Waals surface area contributed by atoms with Crippen molar-refractivity contribution >= 4 is 10.8 Å². The molecule has 0 aromatic heterocycles. The van der Waals surface area contributed by atoms with Crippen LogP contribution in [0.4, 0.5) is 0 Å². The summed E-state index contributed by atoms with van der Waals surface area (Å²) in [5.74, 6) is 1.43. The Balaban J connectivity index is 1.63. The fourth-order valence-corrected chi connectivity index (χ4v) is 4.23. The lowest BCUT2D eigenvalue weighted by Gasteiger charge is -2.29. The third-order valence-corrected chi connectivity index (χ3v) is 6.25. The molecule has 2 nitrogen and oxygen atoms in total. The predicted octanol–water partition coefficient (Wildman–Crippen LogP) is 7.78. The number of rotatable bonds is 7. The minimum Gasteiger partial charge on any atom is -0.461 e. The second-order valence-corrected chi connectivity index (χ2v) is 8.29. The fourth-order valence-electron chi connectivity index (χ4n) is 4.23. The molecule has 0 spiro atoms. The van der Waals surface area contributed by atoms with Gasteiger partial charge in [-0.1, -0.05) is 87.7 Å². The molecule has 29 heavy (non-hydrogen) atoms. The van der Waals surface area contributed by atoms with Crippen LogP contribution in [0.2, 0.25) is 0 Å². The lowest BCUT2D eigenvalue weighted by molar-refractivity contribution is -0.131. The lowest BCUT2D eigenvalue weighted by atomic mass is 9.97. The predicted molar refractivity (Wildman–Crippen MR) is 120 cm³/mol. The highest BCUT2D eigenvalue weighted by atomic mass is 16.7. The molecule has 152 valence electrons. The van der Waals surface area contributed by atoms with E-state index in [-0.39, 0.29) is 6.10 Å². The van der Waals surface area contributed by atoms with Crippen molar-refractivity contribution in [2.24, 2.45) is 0 Å². The van der Waals surface area contributed by atoms with Gasteiger partial charge in [-0.2, -0.15) is 0 Å². The Bertz CT molecular complexity index is 904. The lowest BCUT2D eigenvalue weighted by Crippen LogP contribution is -2.23. The average molecular weight is 389 g/mol. The van der Waals surface area contributed by atoms with Crippen molar-refractivity contribution in [2.75, 3.05) is 0 Å². The highest BCUT2D eigenvalue weighted by Gasteiger charge is 2.23. The van der Waals surface area contributed by atoms with Crippen LogP contribution in [0, 0.1) is 0 Å². The molecule has 0 heterocycles. The van der Waals surface area contributed by atoms with E-state index in [4.69, 9.17) is 9.47 Å².